The fourth-order valence-electron chi connectivity index (χ4n) is 3.28. The van der Waals surface area contributed by atoms with E-state index in [0.717, 1.165) is 39.1 Å². The number of carbonyl (C=O) groups excluding carboxylic acids is 1. The van der Waals surface area contributed by atoms with Crippen LogP contribution in [-0.2, 0) is 0 Å². The van der Waals surface area contributed by atoms with Crippen molar-refractivity contribution in [3.8, 4) is 0 Å². The molecule has 1 N–H and O–H groups in total. The lowest BCUT2D eigenvalue weighted by Crippen LogP contribution is -2.50. The molecule has 0 spiro atoms. The second kappa shape index (κ2) is 14.6. The van der Waals surface area contributed by atoms with Crippen molar-refractivity contribution in [3.63, 3.8) is 0 Å². The molecule has 0 unspecified atom stereocenters. The molecule has 1 aliphatic rings. The topological polar surface area (TPSA) is 35.6 Å². The minimum atomic E-state index is 0.131. The van der Waals surface area contributed by atoms with Gasteiger partial charge in [0.05, 0.1) is 0 Å². The Morgan fingerprint density at radius 1 is 0.750 bits per heavy atom. The molecule has 4 nitrogen and oxygen atoms in total. The largest absolute Gasteiger partial charge is 0.338 e. The van der Waals surface area contributed by atoms with Crippen LogP contribution in [0.1, 0.15) is 84.0 Å². The third-order valence-electron chi connectivity index (χ3n) is 5.10. The fourth-order valence-corrected chi connectivity index (χ4v) is 3.28. The number of nitrogens with one attached hydrogen (secondary N) is 1. The molecule has 0 atom stereocenters. The molecule has 1 heterocycles. The summed E-state index contributed by atoms with van der Waals surface area (Å²) >= 11 is 0. The minimum absolute atomic E-state index is 0.131. The molecule has 2 amide bonds. The highest BCUT2D eigenvalue weighted by Gasteiger charge is 2.17. The molecule has 0 aromatic heterocycles. The summed E-state index contributed by atoms with van der Waals surface area (Å²) in [6, 6.07) is 0.131. The highest BCUT2D eigenvalue weighted by Crippen LogP contribution is 2.11. The summed E-state index contributed by atoms with van der Waals surface area (Å²) in [6.07, 6.45) is 16.3. The van der Waals surface area contributed by atoms with E-state index < -0.39 is 0 Å². The average molecular weight is 340 g/mol. The second-order valence-corrected chi connectivity index (χ2v) is 7.41. The predicted molar refractivity (Wildman–Crippen MR) is 104 cm³/mol. The van der Waals surface area contributed by atoms with Crippen LogP contribution in [0.3, 0.4) is 0 Å². The van der Waals surface area contributed by atoms with Gasteiger partial charge in [0.1, 0.15) is 0 Å². The molecule has 142 valence electrons. The second-order valence-electron chi connectivity index (χ2n) is 7.41. The van der Waals surface area contributed by atoms with Gasteiger partial charge < -0.3 is 15.1 Å². The Bertz CT molecular complexity index is 301. The molecule has 0 aliphatic carbocycles. The number of piperazine rings is 1. The Morgan fingerprint density at radius 3 is 1.71 bits per heavy atom. The van der Waals surface area contributed by atoms with Gasteiger partial charge in [0.25, 0.3) is 0 Å². The molecule has 0 aromatic rings. The van der Waals surface area contributed by atoms with E-state index >= 15 is 0 Å². The van der Waals surface area contributed by atoms with Crippen molar-refractivity contribution < 1.29 is 4.79 Å². The summed E-state index contributed by atoms with van der Waals surface area (Å²) in [6.45, 7) is 6.82. The summed E-state index contributed by atoms with van der Waals surface area (Å²) in [4.78, 5) is 16.2. The molecular weight excluding hydrogens is 298 g/mol. The number of rotatable bonds is 13. The number of urea groups is 1. The maximum atomic E-state index is 12.0. The normalized spacial score (nSPS) is 15.7. The Balaban J connectivity index is 1.79. The van der Waals surface area contributed by atoms with Gasteiger partial charge in [-0.25, -0.2) is 4.79 Å². The average Bonchev–Trinajstić information content (AvgIpc) is 2.59. The van der Waals surface area contributed by atoms with Crippen molar-refractivity contribution in [1.82, 2.24) is 15.1 Å². The highest BCUT2D eigenvalue weighted by molar-refractivity contribution is 5.74. The van der Waals surface area contributed by atoms with E-state index in [1.807, 2.05) is 4.90 Å². The predicted octanol–water partition coefficient (Wildman–Crippen LogP) is 4.64. The van der Waals surface area contributed by atoms with Gasteiger partial charge >= 0.3 is 6.03 Å². The zero-order valence-corrected chi connectivity index (χ0v) is 16.3. The van der Waals surface area contributed by atoms with Gasteiger partial charge in [0.15, 0.2) is 0 Å². The van der Waals surface area contributed by atoms with Crippen LogP contribution < -0.4 is 5.32 Å². The van der Waals surface area contributed by atoms with E-state index in [1.165, 1.54) is 70.6 Å². The summed E-state index contributed by atoms with van der Waals surface area (Å²) in [5.41, 5.74) is 0. The Morgan fingerprint density at radius 2 is 1.21 bits per heavy atom. The monoisotopic (exact) mass is 339 g/mol. The molecule has 4 heteroatoms. The van der Waals surface area contributed by atoms with E-state index in [2.05, 4.69) is 24.2 Å². The van der Waals surface area contributed by atoms with E-state index in [9.17, 15) is 4.79 Å². The first-order chi connectivity index (χ1) is 11.7. The van der Waals surface area contributed by atoms with Crippen molar-refractivity contribution in [3.05, 3.63) is 0 Å². The number of amides is 2. The number of likely N-dealkylation sites (N-methyl/N-ethyl adjacent to an activating group) is 1. The lowest BCUT2D eigenvalue weighted by atomic mass is 10.1. The molecule has 0 aromatic carbocycles. The molecule has 0 saturated carbocycles. The number of hydrogen-bond donors (Lipinski definition) is 1. The smallest absolute Gasteiger partial charge is 0.317 e. The fraction of sp³-hybridized carbons (Fsp3) is 0.950. The first-order valence-corrected chi connectivity index (χ1v) is 10.5. The van der Waals surface area contributed by atoms with Crippen molar-refractivity contribution in [1.29, 1.82) is 0 Å². The summed E-state index contributed by atoms with van der Waals surface area (Å²) in [5, 5.41) is 3.07. The Kier molecular flexibility index (Phi) is 12.9. The van der Waals surface area contributed by atoms with Crippen molar-refractivity contribution in [2.75, 3.05) is 39.8 Å². The van der Waals surface area contributed by atoms with Crippen LogP contribution in [0.5, 0.6) is 0 Å². The Hall–Kier alpha value is -0.770. The molecule has 0 bridgehead atoms. The number of unbranched alkanes of at least 4 members (excludes halogenated alkanes) is 11. The number of carbonyl (C=O) groups is 1. The van der Waals surface area contributed by atoms with Gasteiger partial charge in [-0.3, -0.25) is 0 Å². The third kappa shape index (κ3) is 10.9. The van der Waals surface area contributed by atoms with Crippen LogP contribution in [0.2, 0.25) is 0 Å². The molecular formula is C20H41N3O. The van der Waals surface area contributed by atoms with Gasteiger partial charge in [-0.15, -0.1) is 0 Å². The first kappa shape index (κ1) is 21.3. The van der Waals surface area contributed by atoms with Crippen LogP contribution in [0.25, 0.3) is 0 Å². The minimum Gasteiger partial charge on any atom is -0.338 e. The molecule has 1 aliphatic heterocycles. The molecule has 24 heavy (non-hydrogen) atoms. The maximum absolute atomic E-state index is 12.0. The van der Waals surface area contributed by atoms with Crippen LogP contribution in [0.15, 0.2) is 0 Å². The van der Waals surface area contributed by atoms with Crippen molar-refractivity contribution >= 4 is 6.03 Å². The Labute approximate surface area is 150 Å². The van der Waals surface area contributed by atoms with Crippen LogP contribution in [-0.4, -0.2) is 55.6 Å². The molecule has 1 fully saturated rings. The van der Waals surface area contributed by atoms with Crippen LogP contribution in [0.4, 0.5) is 4.79 Å². The van der Waals surface area contributed by atoms with E-state index in [1.54, 1.807) is 0 Å². The SMILES string of the molecule is CCCCCCCCCCCCCCNC(=O)N1CCN(C)CC1. The third-order valence-corrected chi connectivity index (χ3v) is 5.10. The lowest BCUT2D eigenvalue weighted by Gasteiger charge is -2.32. The van der Waals surface area contributed by atoms with E-state index in [4.69, 9.17) is 0 Å². The van der Waals surface area contributed by atoms with Crippen molar-refractivity contribution in [2.24, 2.45) is 0 Å². The highest BCUT2D eigenvalue weighted by atomic mass is 16.2. The van der Waals surface area contributed by atoms with Gasteiger partial charge in [-0.1, -0.05) is 77.6 Å². The van der Waals surface area contributed by atoms with Gasteiger partial charge in [0.2, 0.25) is 0 Å². The zero-order valence-electron chi connectivity index (χ0n) is 16.3. The van der Waals surface area contributed by atoms with Gasteiger partial charge in [0, 0.05) is 32.7 Å². The van der Waals surface area contributed by atoms with Gasteiger partial charge in [-0.2, -0.15) is 0 Å². The van der Waals surface area contributed by atoms with E-state index in [0.29, 0.717) is 0 Å². The molecule has 1 rings (SSSR count). The first-order valence-electron chi connectivity index (χ1n) is 10.5. The standard InChI is InChI=1S/C20H41N3O/c1-3-4-5-6-7-8-9-10-11-12-13-14-15-21-20(24)23-18-16-22(2)17-19-23/h3-19H2,1-2H3,(H,21,24). The van der Waals surface area contributed by atoms with Crippen molar-refractivity contribution in [2.45, 2.75) is 84.0 Å². The summed E-state index contributed by atoms with van der Waals surface area (Å²) in [7, 11) is 2.11. The van der Waals surface area contributed by atoms with E-state index in [-0.39, 0.29) is 6.03 Å². The number of nitrogens with zero attached hydrogens (tertiary/aromatic N) is 2. The molecule has 0 radical (unpaired) electrons. The van der Waals surface area contributed by atoms with Crippen LogP contribution >= 0.6 is 0 Å². The zero-order chi connectivity index (χ0) is 17.5. The maximum Gasteiger partial charge on any atom is 0.317 e. The van der Waals surface area contributed by atoms with Crippen LogP contribution in [0, 0.1) is 0 Å². The lowest BCUT2D eigenvalue weighted by molar-refractivity contribution is 0.154. The van der Waals surface area contributed by atoms with Gasteiger partial charge in [-0.05, 0) is 13.5 Å². The summed E-state index contributed by atoms with van der Waals surface area (Å²) in [5.74, 6) is 0. The molecule has 1 saturated heterocycles. The number of hydrogen-bond acceptors (Lipinski definition) is 2. The quantitative estimate of drug-likeness (QED) is 0.496. The summed E-state index contributed by atoms with van der Waals surface area (Å²) < 4.78 is 0.